The summed E-state index contributed by atoms with van der Waals surface area (Å²) in [5.41, 5.74) is 3.39. The molecule has 1 aliphatic heterocycles. The van der Waals surface area contributed by atoms with E-state index < -0.39 is 0 Å². The molecule has 0 unspecified atom stereocenters. The second-order valence-corrected chi connectivity index (χ2v) is 6.67. The van der Waals surface area contributed by atoms with E-state index in [2.05, 4.69) is 53.2 Å². The van der Waals surface area contributed by atoms with Gasteiger partial charge < -0.3 is 0 Å². The largest absolute Gasteiger partial charge is 0.292 e. The van der Waals surface area contributed by atoms with Crippen molar-refractivity contribution in [3.05, 3.63) is 57.8 Å². The van der Waals surface area contributed by atoms with E-state index in [9.17, 15) is 4.79 Å². The summed E-state index contributed by atoms with van der Waals surface area (Å²) in [6.45, 7) is 7.20. The van der Waals surface area contributed by atoms with Crippen LogP contribution in [0.3, 0.4) is 0 Å². The fourth-order valence-corrected chi connectivity index (χ4v) is 3.30. The van der Waals surface area contributed by atoms with Gasteiger partial charge in [-0.25, -0.2) is 4.98 Å². The van der Waals surface area contributed by atoms with Crippen molar-refractivity contribution in [2.45, 2.75) is 39.4 Å². The number of nitrogens with one attached hydrogen (secondary N) is 1. The van der Waals surface area contributed by atoms with E-state index in [-0.39, 0.29) is 11.5 Å². The number of aromatic nitrogens is 4. The molecule has 3 aromatic rings. The molecule has 1 N–H and O–H groups in total. The first-order valence-corrected chi connectivity index (χ1v) is 8.37. The molecule has 4 rings (SSSR count). The Morgan fingerprint density at radius 3 is 2.75 bits per heavy atom. The third kappa shape index (κ3) is 2.53. The summed E-state index contributed by atoms with van der Waals surface area (Å²) in [6, 6.07) is 10.4. The first-order valence-electron chi connectivity index (χ1n) is 8.37. The summed E-state index contributed by atoms with van der Waals surface area (Å²) in [4.78, 5) is 19.8. The van der Waals surface area contributed by atoms with Gasteiger partial charge in [0.2, 0.25) is 0 Å². The standard InChI is InChI=1S/C18H21N5O/c1-12(2)15-16-17(21-20-15)18(24)23-9-8-22(11-14(23)19-16)10-13-6-4-3-5-7-13/h3-7,12H,8-11H2,1-2H3,(H,20,21). The Balaban J connectivity index is 1.70. The zero-order valence-corrected chi connectivity index (χ0v) is 14.0. The number of fused-ring (bicyclic) bond motifs is 2. The summed E-state index contributed by atoms with van der Waals surface area (Å²) >= 11 is 0. The highest BCUT2D eigenvalue weighted by Gasteiger charge is 2.23. The summed E-state index contributed by atoms with van der Waals surface area (Å²) in [5, 5.41) is 7.18. The minimum Gasteiger partial charge on any atom is -0.292 e. The Morgan fingerprint density at radius 2 is 2.00 bits per heavy atom. The zero-order valence-electron chi connectivity index (χ0n) is 14.0. The van der Waals surface area contributed by atoms with Gasteiger partial charge in [0.25, 0.3) is 5.56 Å². The fourth-order valence-electron chi connectivity index (χ4n) is 3.30. The van der Waals surface area contributed by atoms with Crippen LogP contribution in [0.2, 0.25) is 0 Å². The van der Waals surface area contributed by atoms with Crippen LogP contribution < -0.4 is 5.56 Å². The number of nitrogens with zero attached hydrogens (tertiary/aromatic N) is 4. The van der Waals surface area contributed by atoms with E-state index in [1.807, 2.05) is 6.07 Å². The number of rotatable bonds is 3. The van der Waals surface area contributed by atoms with Gasteiger partial charge in [-0.05, 0) is 11.5 Å². The first-order chi connectivity index (χ1) is 11.6. The van der Waals surface area contributed by atoms with Crippen molar-refractivity contribution in [2.24, 2.45) is 0 Å². The third-order valence-electron chi connectivity index (χ3n) is 4.58. The Kier molecular flexibility index (Phi) is 3.69. The molecule has 0 fully saturated rings. The maximum atomic E-state index is 12.7. The maximum Gasteiger partial charge on any atom is 0.279 e. The molecule has 0 aliphatic carbocycles. The van der Waals surface area contributed by atoms with Crippen molar-refractivity contribution in [1.29, 1.82) is 0 Å². The normalized spacial score (nSPS) is 15.1. The van der Waals surface area contributed by atoms with Crippen LogP contribution in [0.5, 0.6) is 0 Å². The predicted molar refractivity (Wildman–Crippen MR) is 92.8 cm³/mol. The number of hydrogen-bond donors (Lipinski definition) is 1. The molecular weight excluding hydrogens is 302 g/mol. The number of H-pyrrole nitrogens is 1. The molecule has 0 bridgehead atoms. The highest BCUT2D eigenvalue weighted by atomic mass is 16.1. The van der Waals surface area contributed by atoms with Crippen LogP contribution in [0.25, 0.3) is 11.0 Å². The summed E-state index contributed by atoms with van der Waals surface area (Å²) in [7, 11) is 0. The van der Waals surface area contributed by atoms with E-state index >= 15 is 0 Å². The smallest absolute Gasteiger partial charge is 0.279 e. The summed E-state index contributed by atoms with van der Waals surface area (Å²) in [5.74, 6) is 1.07. The maximum absolute atomic E-state index is 12.7. The van der Waals surface area contributed by atoms with Crippen LogP contribution in [-0.4, -0.2) is 31.2 Å². The van der Waals surface area contributed by atoms with Gasteiger partial charge in [0.15, 0.2) is 0 Å². The van der Waals surface area contributed by atoms with Crippen LogP contribution >= 0.6 is 0 Å². The van der Waals surface area contributed by atoms with E-state index in [0.717, 1.165) is 30.1 Å². The lowest BCUT2D eigenvalue weighted by atomic mass is 10.1. The second-order valence-electron chi connectivity index (χ2n) is 6.67. The van der Waals surface area contributed by atoms with Crippen molar-refractivity contribution in [1.82, 2.24) is 24.6 Å². The molecule has 0 amide bonds. The fraction of sp³-hybridized carbons (Fsp3) is 0.389. The Morgan fingerprint density at radius 1 is 1.21 bits per heavy atom. The van der Waals surface area contributed by atoms with Crippen molar-refractivity contribution in [3.63, 3.8) is 0 Å². The summed E-state index contributed by atoms with van der Waals surface area (Å²) in [6.07, 6.45) is 0. The van der Waals surface area contributed by atoms with Gasteiger partial charge in [0.05, 0.1) is 12.2 Å². The van der Waals surface area contributed by atoms with Crippen molar-refractivity contribution in [3.8, 4) is 0 Å². The highest BCUT2D eigenvalue weighted by Crippen LogP contribution is 2.21. The molecule has 124 valence electrons. The number of aromatic amines is 1. The number of hydrogen-bond acceptors (Lipinski definition) is 4. The summed E-state index contributed by atoms with van der Waals surface area (Å²) < 4.78 is 1.78. The molecule has 1 aromatic carbocycles. The Hall–Kier alpha value is -2.47. The lowest BCUT2D eigenvalue weighted by molar-refractivity contribution is 0.204. The van der Waals surface area contributed by atoms with Crippen LogP contribution in [-0.2, 0) is 19.6 Å². The molecule has 0 saturated carbocycles. The lowest BCUT2D eigenvalue weighted by Gasteiger charge is -2.29. The van der Waals surface area contributed by atoms with Gasteiger partial charge in [0, 0.05) is 19.6 Å². The Bertz CT molecular complexity index is 926. The molecule has 6 heteroatoms. The van der Waals surface area contributed by atoms with Crippen LogP contribution in [0, 0.1) is 0 Å². The van der Waals surface area contributed by atoms with Crippen LogP contribution in [0.4, 0.5) is 0 Å². The zero-order chi connectivity index (χ0) is 16.7. The average molecular weight is 323 g/mol. The minimum absolute atomic E-state index is 0.00578. The van der Waals surface area contributed by atoms with Crippen molar-refractivity contribution in [2.75, 3.05) is 6.54 Å². The molecule has 0 atom stereocenters. The predicted octanol–water partition coefficient (Wildman–Crippen LogP) is 2.26. The van der Waals surface area contributed by atoms with E-state index in [1.54, 1.807) is 4.57 Å². The van der Waals surface area contributed by atoms with Gasteiger partial charge in [0.1, 0.15) is 16.9 Å². The lowest BCUT2D eigenvalue weighted by Crippen LogP contribution is -2.39. The van der Waals surface area contributed by atoms with E-state index in [0.29, 0.717) is 18.6 Å². The van der Waals surface area contributed by atoms with Gasteiger partial charge in [-0.1, -0.05) is 44.2 Å². The monoisotopic (exact) mass is 323 g/mol. The minimum atomic E-state index is -0.00578. The van der Waals surface area contributed by atoms with E-state index in [4.69, 9.17) is 4.98 Å². The average Bonchev–Trinajstić information content (AvgIpc) is 3.00. The molecule has 0 saturated heterocycles. The first kappa shape index (κ1) is 15.1. The molecule has 0 spiro atoms. The van der Waals surface area contributed by atoms with E-state index in [1.165, 1.54) is 5.56 Å². The Labute approximate surface area is 140 Å². The highest BCUT2D eigenvalue weighted by molar-refractivity contribution is 5.76. The van der Waals surface area contributed by atoms with Crippen molar-refractivity contribution >= 4 is 11.0 Å². The second kappa shape index (κ2) is 5.87. The van der Waals surface area contributed by atoms with Gasteiger partial charge in [-0.15, -0.1) is 0 Å². The third-order valence-corrected chi connectivity index (χ3v) is 4.58. The molecule has 6 nitrogen and oxygen atoms in total. The van der Waals surface area contributed by atoms with Gasteiger partial charge >= 0.3 is 0 Å². The van der Waals surface area contributed by atoms with Crippen LogP contribution in [0.1, 0.15) is 36.8 Å². The molecule has 24 heavy (non-hydrogen) atoms. The topological polar surface area (TPSA) is 66.8 Å². The van der Waals surface area contributed by atoms with Crippen molar-refractivity contribution < 1.29 is 0 Å². The molecule has 0 radical (unpaired) electrons. The SMILES string of the molecule is CC(C)c1n[nH]c2c(=O)n3c(nc12)CN(Cc1ccccc1)CC3. The molecular formula is C18H21N5O. The van der Waals surface area contributed by atoms with Gasteiger partial charge in [-0.3, -0.25) is 19.4 Å². The molecule has 3 heterocycles. The van der Waals surface area contributed by atoms with Crippen LogP contribution in [0.15, 0.2) is 35.1 Å². The number of benzene rings is 1. The quantitative estimate of drug-likeness (QED) is 0.803. The molecule has 2 aromatic heterocycles. The molecule has 1 aliphatic rings. The van der Waals surface area contributed by atoms with Gasteiger partial charge in [-0.2, -0.15) is 5.10 Å².